The maximum atomic E-state index is 5.56. The summed E-state index contributed by atoms with van der Waals surface area (Å²) in [5, 5.41) is 6.67. The van der Waals surface area contributed by atoms with E-state index in [9.17, 15) is 0 Å². The first-order valence-electron chi connectivity index (χ1n) is 4.85. The van der Waals surface area contributed by atoms with Crippen LogP contribution in [0.1, 0.15) is 4.88 Å². The Morgan fingerprint density at radius 2 is 2.71 bits per heavy atom. The predicted molar refractivity (Wildman–Crippen MR) is 56.4 cm³/mol. The SMILES string of the molecule is c1ncc(CNCC2CNCCO2)s1. The van der Waals surface area contributed by atoms with Gasteiger partial charge in [-0.3, -0.25) is 4.98 Å². The number of aromatic nitrogens is 1. The fraction of sp³-hybridized carbons (Fsp3) is 0.667. The summed E-state index contributed by atoms with van der Waals surface area (Å²) in [5.41, 5.74) is 1.86. The highest BCUT2D eigenvalue weighted by Gasteiger charge is 2.12. The molecule has 0 saturated carbocycles. The molecule has 5 heteroatoms. The summed E-state index contributed by atoms with van der Waals surface area (Å²) >= 11 is 1.68. The number of nitrogens with one attached hydrogen (secondary N) is 2. The molecule has 0 radical (unpaired) electrons. The molecular weight excluding hydrogens is 198 g/mol. The van der Waals surface area contributed by atoms with E-state index < -0.39 is 0 Å². The van der Waals surface area contributed by atoms with Crippen molar-refractivity contribution in [2.24, 2.45) is 0 Å². The third-order valence-corrected chi connectivity index (χ3v) is 2.94. The highest BCUT2D eigenvalue weighted by Crippen LogP contribution is 2.04. The third-order valence-electron chi connectivity index (χ3n) is 2.16. The molecule has 78 valence electrons. The zero-order valence-electron chi connectivity index (χ0n) is 8.03. The molecule has 1 aliphatic heterocycles. The lowest BCUT2D eigenvalue weighted by molar-refractivity contribution is 0.0291. The van der Waals surface area contributed by atoms with Gasteiger partial charge in [0.25, 0.3) is 0 Å². The molecule has 0 bridgehead atoms. The molecule has 2 heterocycles. The quantitative estimate of drug-likeness (QED) is 0.751. The Hall–Kier alpha value is -0.490. The van der Waals surface area contributed by atoms with Crippen LogP contribution in [0, 0.1) is 0 Å². The van der Waals surface area contributed by atoms with Crippen LogP contribution in [0.5, 0.6) is 0 Å². The molecule has 1 atom stereocenters. The van der Waals surface area contributed by atoms with Crippen LogP contribution in [-0.2, 0) is 11.3 Å². The van der Waals surface area contributed by atoms with Gasteiger partial charge < -0.3 is 15.4 Å². The molecule has 0 spiro atoms. The second-order valence-electron chi connectivity index (χ2n) is 3.30. The van der Waals surface area contributed by atoms with Crippen molar-refractivity contribution in [3.63, 3.8) is 0 Å². The fourth-order valence-corrected chi connectivity index (χ4v) is 2.00. The minimum absolute atomic E-state index is 0.316. The van der Waals surface area contributed by atoms with Gasteiger partial charge in [0.1, 0.15) is 0 Å². The maximum Gasteiger partial charge on any atom is 0.0824 e. The third kappa shape index (κ3) is 3.02. The highest BCUT2D eigenvalue weighted by atomic mass is 32.1. The first-order chi connectivity index (χ1) is 6.95. The molecule has 0 amide bonds. The molecule has 2 N–H and O–H groups in total. The van der Waals surface area contributed by atoms with Crippen LogP contribution in [0.4, 0.5) is 0 Å². The van der Waals surface area contributed by atoms with Gasteiger partial charge in [0.15, 0.2) is 0 Å². The van der Waals surface area contributed by atoms with Crippen LogP contribution in [0.15, 0.2) is 11.7 Å². The zero-order valence-corrected chi connectivity index (χ0v) is 8.85. The van der Waals surface area contributed by atoms with E-state index in [1.54, 1.807) is 11.3 Å². The lowest BCUT2D eigenvalue weighted by atomic mass is 10.3. The summed E-state index contributed by atoms with van der Waals surface area (Å²) in [6.45, 7) is 4.56. The van der Waals surface area contributed by atoms with Gasteiger partial charge in [0.2, 0.25) is 0 Å². The predicted octanol–water partition coefficient (Wildman–Crippen LogP) is 0.221. The van der Waals surface area contributed by atoms with Crippen molar-refractivity contribution in [3.05, 3.63) is 16.6 Å². The number of hydrogen-bond donors (Lipinski definition) is 2. The van der Waals surface area contributed by atoms with E-state index in [0.29, 0.717) is 6.10 Å². The normalized spacial score (nSPS) is 22.4. The lowest BCUT2D eigenvalue weighted by Gasteiger charge is -2.23. The molecule has 1 saturated heterocycles. The van der Waals surface area contributed by atoms with E-state index in [0.717, 1.165) is 32.8 Å². The van der Waals surface area contributed by atoms with Crippen molar-refractivity contribution in [1.82, 2.24) is 15.6 Å². The van der Waals surface area contributed by atoms with Gasteiger partial charge in [0, 0.05) is 37.3 Å². The van der Waals surface area contributed by atoms with Gasteiger partial charge in [0.05, 0.1) is 18.2 Å². The molecule has 0 aliphatic carbocycles. The largest absolute Gasteiger partial charge is 0.374 e. The van der Waals surface area contributed by atoms with Crippen LogP contribution >= 0.6 is 11.3 Å². The van der Waals surface area contributed by atoms with E-state index in [2.05, 4.69) is 15.6 Å². The standard InChI is InChI=1S/C9H15N3OS/c1-2-13-8(3-10-1)4-11-5-9-6-12-7-14-9/h6-8,10-11H,1-5H2. The summed E-state index contributed by atoms with van der Waals surface area (Å²) in [6, 6.07) is 0. The van der Waals surface area contributed by atoms with E-state index in [-0.39, 0.29) is 0 Å². The number of ether oxygens (including phenoxy) is 1. The Labute approximate surface area is 87.7 Å². The fourth-order valence-electron chi connectivity index (χ4n) is 1.44. The van der Waals surface area contributed by atoms with Crippen LogP contribution < -0.4 is 10.6 Å². The molecule has 14 heavy (non-hydrogen) atoms. The van der Waals surface area contributed by atoms with Gasteiger partial charge in [-0.05, 0) is 0 Å². The van der Waals surface area contributed by atoms with Gasteiger partial charge in [-0.25, -0.2) is 0 Å². The minimum Gasteiger partial charge on any atom is -0.374 e. The molecule has 1 aliphatic rings. The Morgan fingerprint density at radius 3 is 3.43 bits per heavy atom. The van der Waals surface area contributed by atoms with Crippen LogP contribution in [0.2, 0.25) is 0 Å². The lowest BCUT2D eigenvalue weighted by Crippen LogP contribution is -2.43. The van der Waals surface area contributed by atoms with E-state index >= 15 is 0 Å². The van der Waals surface area contributed by atoms with E-state index in [4.69, 9.17) is 4.74 Å². The monoisotopic (exact) mass is 213 g/mol. The van der Waals surface area contributed by atoms with Gasteiger partial charge in [-0.1, -0.05) is 0 Å². The molecule has 1 unspecified atom stereocenters. The molecule has 1 aromatic rings. The molecule has 0 aromatic carbocycles. The Kier molecular flexibility index (Phi) is 3.88. The Morgan fingerprint density at radius 1 is 1.71 bits per heavy atom. The average molecular weight is 213 g/mol. The first kappa shape index (κ1) is 10.0. The molecule has 4 nitrogen and oxygen atoms in total. The average Bonchev–Trinajstić information content (AvgIpc) is 2.72. The number of hydrogen-bond acceptors (Lipinski definition) is 5. The zero-order chi connectivity index (χ0) is 9.64. The summed E-state index contributed by atoms with van der Waals surface area (Å²) in [5.74, 6) is 0. The van der Waals surface area contributed by atoms with Crippen molar-refractivity contribution >= 4 is 11.3 Å². The van der Waals surface area contributed by atoms with Crippen molar-refractivity contribution in [1.29, 1.82) is 0 Å². The Bertz CT molecular complexity index is 247. The number of rotatable bonds is 4. The number of nitrogens with zero attached hydrogens (tertiary/aromatic N) is 1. The van der Waals surface area contributed by atoms with Gasteiger partial charge >= 0.3 is 0 Å². The van der Waals surface area contributed by atoms with Crippen molar-refractivity contribution in [2.75, 3.05) is 26.2 Å². The summed E-state index contributed by atoms with van der Waals surface area (Å²) < 4.78 is 5.56. The van der Waals surface area contributed by atoms with Crippen molar-refractivity contribution in [3.8, 4) is 0 Å². The smallest absolute Gasteiger partial charge is 0.0824 e. The number of morpholine rings is 1. The van der Waals surface area contributed by atoms with E-state index in [1.807, 2.05) is 11.7 Å². The van der Waals surface area contributed by atoms with Crippen molar-refractivity contribution < 1.29 is 4.74 Å². The maximum absolute atomic E-state index is 5.56. The topological polar surface area (TPSA) is 46.2 Å². The first-order valence-corrected chi connectivity index (χ1v) is 5.73. The molecule has 2 rings (SSSR count). The van der Waals surface area contributed by atoms with E-state index in [1.165, 1.54) is 4.88 Å². The molecule has 1 aromatic heterocycles. The van der Waals surface area contributed by atoms with Crippen molar-refractivity contribution in [2.45, 2.75) is 12.6 Å². The minimum atomic E-state index is 0.316. The molecule has 1 fully saturated rings. The van der Waals surface area contributed by atoms with Crippen LogP contribution in [0.3, 0.4) is 0 Å². The summed E-state index contributed by atoms with van der Waals surface area (Å²) in [6.07, 6.45) is 2.22. The van der Waals surface area contributed by atoms with Gasteiger partial charge in [-0.15, -0.1) is 11.3 Å². The summed E-state index contributed by atoms with van der Waals surface area (Å²) in [4.78, 5) is 5.29. The number of thiazole rings is 1. The van der Waals surface area contributed by atoms with Crippen LogP contribution in [-0.4, -0.2) is 37.3 Å². The highest BCUT2D eigenvalue weighted by molar-refractivity contribution is 7.09. The second kappa shape index (κ2) is 5.41. The Balaban J connectivity index is 1.62. The van der Waals surface area contributed by atoms with Crippen LogP contribution in [0.25, 0.3) is 0 Å². The summed E-state index contributed by atoms with van der Waals surface area (Å²) in [7, 11) is 0. The van der Waals surface area contributed by atoms with Gasteiger partial charge in [-0.2, -0.15) is 0 Å². The molecular formula is C9H15N3OS. The second-order valence-corrected chi connectivity index (χ2v) is 4.27.